The van der Waals surface area contributed by atoms with Crippen molar-refractivity contribution in [1.29, 1.82) is 0 Å². The van der Waals surface area contributed by atoms with E-state index < -0.39 is 0 Å². The average Bonchev–Trinajstić information content (AvgIpc) is 2.64. The second-order valence-corrected chi connectivity index (χ2v) is 5.84. The maximum atomic E-state index is 13.3. The molecular formula is C20H22FIN4. The molecule has 0 aliphatic rings. The van der Waals surface area contributed by atoms with Crippen LogP contribution in [0.25, 0.3) is 10.8 Å². The van der Waals surface area contributed by atoms with Crippen LogP contribution in [0.4, 0.5) is 4.39 Å². The molecule has 2 aromatic carbocycles. The first-order valence-electron chi connectivity index (χ1n) is 8.19. The summed E-state index contributed by atoms with van der Waals surface area (Å²) in [4.78, 5) is 8.70. The molecule has 3 rings (SSSR count). The van der Waals surface area contributed by atoms with E-state index in [-0.39, 0.29) is 29.8 Å². The smallest absolute Gasteiger partial charge is 0.191 e. The van der Waals surface area contributed by atoms with E-state index in [1.54, 1.807) is 20.0 Å². The van der Waals surface area contributed by atoms with E-state index in [4.69, 9.17) is 0 Å². The van der Waals surface area contributed by atoms with Gasteiger partial charge in [-0.25, -0.2) is 4.39 Å². The molecule has 2 N–H and O–H groups in total. The predicted octanol–water partition coefficient (Wildman–Crippen LogP) is 4.17. The molecule has 1 heterocycles. The van der Waals surface area contributed by atoms with E-state index in [2.05, 4.69) is 32.7 Å². The SMILES string of the molecule is CN=C(NCc1ccc(F)c(C)c1)NCc1nccc2ccccc12.I. The standard InChI is InChI=1S/C20H21FN4.HI/c1-14-11-15(7-8-18(14)21)12-24-20(22-2)25-13-19-17-6-4-3-5-16(17)9-10-23-19;/h3-11H,12-13H2,1-2H3,(H2,22,24,25);1H. The molecule has 0 unspecified atom stereocenters. The van der Waals surface area contributed by atoms with Crippen molar-refractivity contribution in [2.24, 2.45) is 4.99 Å². The number of hydrogen-bond acceptors (Lipinski definition) is 2. The summed E-state index contributed by atoms with van der Waals surface area (Å²) in [5.41, 5.74) is 2.62. The molecule has 0 fully saturated rings. The van der Waals surface area contributed by atoms with Crippen molar-refractivity contribution in [1.82, 2.24) is 15.6 Å². The average molecular weight is 464 g/mol. The Morgan fingerprint density at radius 1 is 1.08 bits per heavy atom. The Labute approximate surface area is 170 Å². The fourth-order valence-electron chi connectivity index (χ4n) is 2.71. The van der Waals surface area contributed by atoms with Crippen molar-refractivity contribution in [3.8, 4) is 0 Å². The highest BCUT2D eigenvalue weighted by atomic mass is 127. The topological polar surface area (TPSA) is 49.3 Å². The molecule has 0 bridgehead atoms. The molecule has 4 nitrogen and oxygen atoms in total. The van der Waals surface area contributed by atoms with Crippen LogP contribution in [0.5, 0.6) is 0 Å². The monoisotopic (exact) mass is 464 g/mol. The number of pyridine rings is 1. The molecule has 26 heavy (non-hydrogen) atoms. The number of aromatic nitrogens is 1. The van der Waals surface area contributed by atoms with Gasteiger partial charge >= 0.3 is 0 Å². The number of aliphatic imine (C=N–C) groups is 1. The Morgan fingerprint density at radius 2 is 1.85 bits per heavy atom. The van der Waals surface area contributed by atoms with E-state index >= 15 is 0 Å². The third-order valence-corrected chi connectivity index (χ3v) is 4.09. The van der Waals surface area contributed by atoms with Crippen LogP contribution in [0, 0.1) is 12.7 Å². The number of nitrogens with zero attached hydrogens (tertiary/aromatic N) is 2. The molecule has 0 amide bonds. The summed E-state index contributed by atoms with van der Waals surface area (Å²) < 4.78 is 13.3. The van der Waals surface area contributed by atoms with E-state index in [0.717, 1.165) is 16.6 Å². The van der Waals surface area contributed by atoms with Crippen LogP contribution < -0.4 is 10.6 Å². The van der Waals surface area contributed by atoms with Crippen molar-refractivity contribution < 1.29 is 4.39 Å². The Kier molecular flexibility index (Phi) is 7.32. The van der Waals surface area contributed by atoms with Gasteiger partial charge in [-0.1, -0.05) is 36.4 Å². The Balaban J connectivity index is 0.00000243. The van der Waals surface area contributed by atoms with Crippen LogP contribution in [-0.4, -0.2) is 18.0 Å². The highest BCUT2D eigenvalue weighted by Gasteiger charge is 2.04. The van der Waals surface area contributed by atoms with Crippen LogP contribution in [-0.2, 0) is 13.1 Å². The maximum Gasteiger partial charge on any atom is 0.191 e. The zero-order chi connectivity index (χ0) is 17.6. The van der Waals surface area contributed by atoms with Crippen LogP contribution >= 0.6 is 24.0 Å². The summed E-state index contributed by atoms with van der Waals surface area (Å²) >= 11 is 0. The van der Waals surface area contributed by atoms with Gasteiger partial charge in [-0.2, -0.15) is 0 Å². The van der Waals surface area contributed by atoms with Gasteiger partial charge in [0.2, 0.25) is 0 Å². The van der Waals surface area contributed by atoms with Crippen molar-refractivity contribution in [3.05, 3.63) is 77.4 Å². The first-order valence-corrected chi connectivity index (χ1v) is 8.19. The third kappa shape index (κ3) is 4.91. The second kappa shape index (κ2) is 9.47. The summed E-state index contributed by atoms with van der Waals surface area (Å²) in [5, 5.41) is 8.81. The zero-order valence-corrected chi connectivity index (χ0v) is 17.1. The fourth-order valence-corrected chi connectivity index (χ4v) is 2.71. The molecule has 0 aliphatic carbocycles. The Hall–Kier alpha value is -2.22. The number of fused-ring (bicyclic) bond motifs is 1. The normalized spacial score (nSPS) is 11.1. The molecule has 0 saturated heterocycles. The molecule has 0 spiro atoms. The first-order chi connectivity index (χ1) is 12.2. The minimum absolute atomic E-state index is 0. The van der Waals surface area contributed by atoms with Crippen LogP contribution in [0.3, 0.4) is 0 Å². The van der Waals surface area contributed by atoms with E-state index in [0.29, 0.717) is 24.6 Å². The molecule has 136 valence electrons. The molecule has 0 radical (unpaired) electrons. The van der Waals surface area contributed by atoms with Crippen LogP contribution in [0.1, 0.15) is 16.8 Å². The lowest BCUT2D eigenvalue weighted by Crippen LogP contribution is -2.36. The number of aryl methyl sites for hydroxylation is 1. The van der Waals surface area contributed by atoms with E-state index in [1.807, 2.05) is 30.5 Å². The minimum Gasteiger partial charge on any atom is -0.352 e. The molecule has 0 aliphatic heterocycles. The Morgan fingerprint density at radius 3 is 2.62 bits per heavy atom. The van der Waals surface area contributed by atoms with Gasteiger partial charge in [0.25, 0.3) is 0 Å². The van der Waals surface area contributed by atoms with Gasteiger partial charge < -0.3 is 10.6 Å². The van der Waals surface area contributed by atoms with Gasteiger partial charge in [-0.15, -0.1) is 24.0 Å². The van der Waals surface area contributed by atoms with Gasteiger partial charge in [0.15, 0.2) is 5.96 Å². The summed E-state index contributed by atoms with van der Waals surface area (Å²) in [6.45, 7) is 2.91. The minimum atomic E-state index is -0.187. The lowest BCUT2D eigenvalue weighted by Gasteiger charge is -2.13. The highest BCUT2D eigenvalue weighted by Crippen LogP contribution is 2.16. The third-order valence-electron chi connectivity index (χ3n) is 4.09. The molecule has 0 atom stereocenters. The molecule has 3 aromatic rings. The molecular weight excluding hydrogens is 442 g/mol. The van der Waals surface area contributed by atoms with E-state index in [1.165, 1.54) is 11.5 Å². The van der Waals surface area contributed by atoms with Gasteiger partial charge in [0.05, 0.1) is 12.2 Å². The quantitative estimate of drug-likeness (QED) is 0.346. The lowest BCUT2D eigenvalue weighted by molar-refractivity contribution is 0.617. The van der Waals surface area contributed by atoms with Crippen LogP contribution in [0.15, 0.2) is 59.7 Å². The van der Waals surface area contributed by atoms with Crippen molar-refractivity contribution in [2.75, 3.05) is 7.05 Å². The number of hydrogen-bond donors (Lipinski definition) is 2. The molecule has 6 heteroatoms. The molecule has 1 aromatic heterocycles. The first kappa shape index (κ1) is 20.1. The summed E-state index contributed by atoms with van der Waals surface area (Å²) in [5.74, 6) is 0.491. The number of rotatable bonds is 4. The summed E-state index contributed by atoms with van der Waals surface area (Å²) in [6.07, 6.45) is 1.82. The number of nitrogens with one attached hydrogen (secondary N) is 2. The fraction of sp³-hybridized carbons (Fsp3) is 0.200. The van der Waals surface area contributed by atoms with Gasteiger partial charge in [0, 0.05) is 25.2 Å². The van der Waals surface area contributed by atoms with Crippen molar-refractivity contribution in [3.63, 3.8) is 0 Å². The highest BCUT2D eigenvalue weighted by molar-refractivity contribution is 14.0. The van der Waals surface area contributed by atoms with Crippen molar-refractivity contribution in [2.45, 2.75) is 20.0 Å². The largest absolute Gasteiger partial charge is 0.352 e. The maximum absolute atomic E-state index is 13.3. The zero-order valence-electron chi connectivity index (χ0n) is 14.8. The van der Waals surface area contributed by atoms with E-state index in [9.17, 15) is 4.39 Å². The summed E-state index contributed by atoms with van der Waals surface area (Å²) in [6, 6.07) is 15.3. The van der Waals surface area contributed by atoms with Gasteiger partial charge in [-0.3, -0.25) is 9.98 Å². The predicted molar refractivity (Wildman–Crippen MR) is 115 cm³/mol. The van der Waals surface area contributed by atoms with Gasteiger partial charge in [0.1, 0.15) is 5.82 Å². The number of benzene rings is 2. The number of halogens is 2. The summed E-state index contributed by atoms with van der Waals surface area (Å²) in [7, 11) is 1.72. The number of guanidine groups is 1. The van der Waals surface area contributed by atoms with Crippen LogP contribution in [0.2, 0.25) is 0 Å². The van der Waals surface area contributed by atoms with Gasteiger partial charge in [-0.05, 0) is 35.6 Å². The lowest BCUT2D eigenvalue weighted by atomic mass is 10.1. The second-order valence-electron chi connectivity index (χ2n) is 5.84. The van der Waals surface area contributed by atoms with Crippen molar-refractivity contribution >= 4 is 40.7 Å². The molecule has 0 saturated carbocycles. The Bertz CT molecular complexity index is 906.